The average Bonchev–Trinajstić information content (AvgIpc) is 1.73. The summed E-state index contributed by atoms with van der Waals surface area (Å²) in [4.78, 5) is 9.12. The number of aliphatic hydroxyl groups is 1. The minimum atomic E-state index is -1.19. The Kier molecular flexibility index (Phi) is 14.4. The molecule has 0 heterocycles. The molecule has 0 radical (unpaired) electrons. The van der Waals surface area contributed by atoms with Gasteiger partial charge in [-0.05, 0) is 0 Å². The summed E-state index contributed by atoms with van der Waals surface area (Å²) >= 11 is 1.31. The molecule has 0 aliphatic heterocycles. The Labute approximate surface area is 59.8 Å². The number of carboxylic acids is 1. The number of aliphatic carboxylic acids is 1. The van der Waals surface area contributed by atoms with Crippen molar-refractivity contribution in [3.05, 3.63) is 0 Å². The van der Waals surface area contributed by atoms with Gasteiger partial charge in [0.05, 0.1) is 0 Å². The van der Waals surface area contributed by atoms with Crippen LogP contribution in [0.1, 0.15) is 0 Å². The topological polar surface area (TPSA) is 57.5 Å². The van der Waals surface area contributed by atoms with Crippen LogP contribution in [0.3, 0.4) is 0 Å². The van der Waals surface area contributed by atoms with Gasteiger partial charge >= 0.3 is 38.1 Å². The second kappa shape index (κ2) is 9.66. The molecule has 0 amide bonds. The van der Waals surface area contributed by atoms with Gasteiger partial charge in [-0.25, -0.2) is 4.79 Å². The number of carboxylic acid groups (broad SMARTS) is 1. The molecule has 0 bridgehead atoms. The first kappa shape index (κ1) is 10.4. The van der Waals surface area contributed by atoms with E-state index < -0.39 is 12.6 Å². The van der Waals surface area contributed by atoms with Crippen LogP contribution in [-0.2, 0) is 4.79 Å². The SMILES string of the molecule is O=C(O)CO.[CH3][Na]. The fourth-order valence-corrected chi connectivity index (χ4v) is 0. The zero-order valence-corrected chi connectivity index (χ0v) is 6.51. The van der Waals surface area contributed by atoms with Crippen molar-refractivity contribution in [1.82, 2.24) is 0 Å². The number of carbonyl (C=O) groups is 1. The van der Waals surface area contributed by atoms with Crippen LogP contribution in [0.5, 0.6) is 0 Å². The number of hydrogen-bond acceptors (Lipinski definition) is 2. The van der Waals surface area contributed by atoms with Crippen LogP contribution in [0.4, 0.5) is 0 Å². The van der Waals surface area contributed by atoms with Crippen LogP contribution in [0.25, 0.3) is 0 Å². The Morgan fingerprint density at radius 2 is 1.86 bits per heavy atom. The van der Waals surface area contributed by atoms with Gasteiger partial charge in [-0.3, -0.25) is 0 Å². The Morgan fingerprint density at radius 3 is 1.86 bits per heavy atom. The Hall–Kier alpha value is 0.430. The van der Waals surface area contributed by atoms with E-state index in [1.807, 2.05) is 0 Å². The van der Waals surface area contributed by atoms with Gasteiger partial charge in [-0.15, -0.1) is 0 Å². The Morgan fingerprint density at radius 1 is 1.71 bits per heavy atom. The van der Waals surface area contributed by atoms with Crippen molar-refractivity contribution in [1.29, 1.82) is 0 Å². The molecule has 4 heteroatoms. The molecule has 0 saturated carbocycles. The van der Waals surface area contributed by atoms with Crippen molar-refractivity contribution < 1.29 is 15.0 Å². The summed E-state index contributed by atoms with van der Waals surface area (Å²) < 4.78 is 2.14. The maximum absolute atomic E-state index is 9.12. The predicted octanol–water partition coefficient (Wildman–Crippen LogP) is -0.734. The zero-order valence-electron chi connectivity index (χ0n) is 4.51. The molecule has 0 saturated heterocycles. The molecule has 0 aliphatic carbocycles. The van der Waals surface area contributed by atoms with Crippen molar-refractivity contribution in [2.45, 2.75) is 4.17 Å². The monoisotopic (exact) mass is 114 g/mol. The summed E-state index contributed by atoms with van der Waals surface area (Å²) in [6.45, 7) is -0.778. The molecule has 2 N–H and O–H groups in total. The summed E-state index contributed by atoms with van der Waals surface area (Å²) in [6, 6.07) is 0. The van der Waals surface area contributed by atoms with Gasteiger partial charge in [0.2, 0.25) is 0 Å². The van der Waals surface area contributed by atoms with Gasteiger partial charge < -0.3 is 10.2 Å². The molecule has 0 fully saturated rings. The Bertz CT molecular complexity index is 45.4. The summed E-state index contributed by atoms with van der Waals surface area (Å²) in [5.41, 5.74) is 0. The third-order valence-electron chi connectivity index (χ3n) is 0.135. The first-order chi connectivity index (χ1) is 3.27. The third-order valence-corrected chi connectivity index (χ3v) is 0.135. The van der Waals surface area contributed by atoms with Crippen molar-refractivity contribution in [2.24, 2.45) is 0 Å². The van der Waals surface area contributed by atoms with E-state index in [1.165, 1.54) is 27.9 Å². The van der Waals surface area contributed by atoms with Gasteiger partial charge in [0, 0.05) is 0 Å². The Balaban J connectivity index is 0. The number of aliphatic hydroxyl groups excluding tert-OH is 1. The first-order valence-electron chi connectivity index (χ1n) is 2.10. The molecular formula is C3H7NaO3. The minimum absolute atomic E-state index is 0.778. The standard InChI is InChI=1S/C2H4O3.CH3.Na/c3-1-2(4)5;;/h3H,1H2,(H,4,5);1H3;. The molecule has 7 heavy (non-hydrogen) atoms. The second-order valence-electron chi connectivity index (χ2n) is 0.552. The van der Waals surface area contributed by atoms with Crippen LogP contribution in [0.15, 0.2) is 0 Å². The zero-order chi connectivity index (χ0) is 6.28. The van der Waals surface area contributed by atoms with Crippen molar-refractivity contribution >= 4 is 33.9 Å². The van der Waals surface area contributed by atoms with Crippen LogP contribution in [0.2, 0.25) is 4.17 Å². The summed E-state index contributed by atoms with van der Waals surface area (Å²) in [7, 11) is 0. The van der Waals surface area contributed by atoms with Gasteiger partial charge in [0.1, 0.15) is 6.61 Å². The van der Waals surface area contributed by atoms with Gasteiger partial charge in [-0.1, -0.05) is 0 Å². The van der Waals surface area contributed by atoms with Crippen LogP contribution in [0, 0.1) is 0 Å². The summed E-state index contributed by atoms with van der Waals surface area (Å²) in [6.07, 6.45) is 0. The van der Waals surface area contributed by atoms with E-state index in [4.69, 9.17) is 15.0 Å². The first-order valence-corrected chi connectivity index (χ1v) is 4.10. The molecule has 0 spiro atoms. The fourth-order valence-electron chi connectivity index (χ4n) is 0. The molecule has 38 valence electrons. The van der Waals surface area contributed by atoms with Gasteiger partial charge in [0.25, 0.3) is 0 Å². The van der Waals surface area contributed by atoms with Crippen LogP contribution < -0.4 is 0 Å². The number of hydrogen-bond donors (Lipinski definition) is 2. The molecular weight excluding hydrogens is 107 g/mol. The van der Waals surface area contributed by atoms with Crippen LogP contribution in [-0.4, -0.2) is 50.7 Å². The van der Waals surface area contributed by atoms with Crippen molar-refractivity contribution in [3.8, 4) is 0 Å². The summed E-state index contributed by atoms with van der Waals surface area (Å²) in [5.74, 6) is -1.19. The van der Waals surface area contributed by atoms with Gasteiger partial charge in [0.15, 0.2) is 0 Å². The van der Waals surface area contributed by atoms with Crippen LogP contribution >= 0.6 is 0 Å². The molecule has 0 aromatic heterocycles. The van der Waals surface area contributed by atoms with Crippen molar-refractivity contribution in [2.75, 3.05) is 6.61 Å². The van der Waals surface area contributed by atoms with E-state index >= 15 is 0 Å². The van der Waals surface area contributed by atoms with E-state index in [0.29, 0.717) is 0 Å². The van der Waals surface area contributed by atoms with E-state index in [0.717, 1.165) is 0 Å². The normalized spacial score (nSPS) is 6.29. The second-order valence-corrected chi connectivity index (χ2v) is 0.552. The molecule has 0 atom stereocenters. The average molecular weight is 114 g/mol. The maximum atomic E-state index is 9.12. The van der Waals surface area contributed by atoms with E-state index in [9.17, 15) is 0 Å². The van der Waals surface area contributed by atoms with Gasteiger partial charge in [-0.2, -0.15) is 0 Å². The molecule has 0 aromatic carbocycles. The number of rotatable bonds is 1. The quantitative estimate of drug-likeness (QED) is 0.442. The molecule has 0 aromatic rings. The molecule has 0 unspecified atom stereocenters. The summed E-state index contributed by atoms with van der Waals surface area (Å²) in [5, 5.41) is 15.0. The van der Waals surface area contributed by atoms with Crippen molar-refractivity contribution in [3.63, 3.8) is 0 Å². The molecule has 0 rings (SSSR count). The van der Waals surface area contributed by atoms with E-state index in [-0.39, 0.29) is 0 Å². The van der Waals surface area contributed by atoms with E-state index in [2.05, 4.69) is 4.17 Å². The molecule has 0 aliphatic rings. The molecule has 3 nitrogen and oxygen atoms in total. The fraction of sp³-hybridized carbons (Fsp3) is 0.667. The van der Waals surface area contributed by atoms with E-state index in [1.54, 1.807) is 0 Å². The predicted molar refractivity (Wildman–Crippen MR) is 26.3 cm³/mol. The third kappa shape index (κ3) is 21.4.